The van der Waals surface area contributed by atoms with Gasteiger partial charge in [-0.15, -0.1) is 0 Å². The van der Waals surface area contributed by atoms with Crippen molar-refractivity contribution in [2.24, 2.45) is 0 Å². The average molecular weight is 488 g/mol. The zero-order chi connectivity index (χ0) is 11.4. The molecule has 1 aliphatic rings. The van der Waals surface area contributed by atoms with E-state index < -0.39 is 20.6 Å². The van der Waals surface area contributed by atoms with Crippen LogP contribution in [0.4, 0.5) is 0 Å². The third kappa shape index (κ3) is 2.48. The number of hydrogen-bond acceptors (Lipinski definition) is 0. The Bertz CT molecular complexity index is 198. The minimum absolute atomic E-state index is 0.478. The predicted molar refractivity (Wildman–Crippen MR) is 81.4 cm³/mol. The molecule has 0 aromatic rings. The molecule has 0 aromatic carbocycles. The molecule has 0 unspecified atom stereocenters. The molecule has 0 amide bonds. The molecular weight excluding hydrogens is 464 g/mol. The predicted octanol–water partition coefficient (Wildman–Crippen LogP) is 2.39. The second-order valence-electron chi connectivity index (χ2n) is 6.25. The molecule has 0 N–H and O–H groups in total. The maximum atomic E-state index is 2.78. The third-order valence-electron chi connectivity index (χ3n) is 3.92. The first kappa shape index (κ1) is 14.5. The van der Waals surface area contributed by atoms with Gasteiger partial charge < -0.3 is 0 Å². The number of hydrogen-bond donors (Lipinski definition) is 0. The first-order chi connectivity index (χ1) is 5.91. The van der Waals surface area contributed by atoms with E-state index in [-0.39, 0.29) is 0 Å². The Morgan fingerprint density at radius 3 is 0.714 bits per heavy atom. The van der Waals surface area contributed by atoms with Gasteiger partial charge in [0.1, 0.15) is 0 Å². The minimum atomic E-state index is -0.619. The van der Waals surface area contributed by atoms with Crippen molar-refractivity contribution < 1.29 is 0 Å². The van der Waals surface area contributed by atoms with Crippen LogP contribution in [0.25, 0.3) is 0 Å². The van der Waals surface area contributed by atoms with Crippen molar-refractivity contribution >= 4 is 59.3 Å². The first-order valence-electron chi connectivity index (χ1n) is 5.32. The van der Waals surface area contributed by atoms with E-state index in [0.29, 0.717) is 38.7 Å². The van der Waals surface area contributed by atoms with Crippen molar-refractivity contribution in [2.45, 2.75) is 52.4 Å². The van der Waals surface area contributed by atoms with E-state index in [9.17, 15) is 0 Å². The molecule has 1 heterocycles. The fourth-order valence-electron chi connectivity index (χ4n) is 1.77. The molecule has 84 valence electrons. The molecule has 0 saturated carbocycles. The molecule has 0 radical (unpaired) electrons. The molecule has 1 rings (SSSR count). The monoisotopic (exact) mass is 492 g/mol. The van der Waals surface area contributed by atoms with Crippen LogP contribution in [0.5, 0.6) is 0 Å². The molecule has 0 nitrogen and oxygen atoms in total. The zero-order valence-electron chi connectivity index (χ0n) is 10.8. The van der Waals surface area contributed by atoms with E-state index in [0.717, 1.165) is 0 Å². The van der Waals surface area contributed by atoms with Crippen molar-refractivity contribution in [2.75, 3.05) is 0 Å². The van der Waals surface area contributed by atoms with Gasteiger partial charge in [-0.25, -0.2) is 0 Å². The van der Waals surface area contributed by atoms with Crippen LogP contribution in [0.1, 0.15) is 0 Å². The summed E-state index contributed by atoms with van der Waals surface area (Å²) in [5, 5.41) is -2.48. The van der Waals surface area contributed by atoms with Crippen molar-refractivity contribution in [1.29, 1.82) is 0 Å². The Labute approximate surface area is 110 Å². The van der Waals surface area contributed by atoms with Gasteiger partial charge in [0.25, 0.3) is 0 Å². The zero-order valence-corrected chi connectivity index (χ0v) is 19.5. The van der Waals surface area contributed by atoms with E-state index >= 15 is 0 Å². The summed E-state index contributed by atoms with van der Waals surface area (Å²) < 4.78 is 0. The van der Waals surface area contributed by atoms with Crippen molar-refractivity contribution in [3.05, 3.63) is 0 Å². The van der Waals surface area contributed by atoms with Crippen LogP contribution in [0, 0.1) is 0 Å². The van der Waals surface area contributed by atoms with Crippen LogP contribution < -0.4 is 0 Å². The van der Waals surface area contributed by atoms with Gasteiger partial charge in [-0.3, -0.25) is 0 Å². The molecule has 0 atom stereocenters. The molecule has 6 heteroatoms. The second kappa shape index (κ2) is 3.98. The molecule has 1 fully saturated rings. The molecule has 0 bridgehead atoms. The van der Waals surface area contributed by atoms with Gasteiger partial charge in [0.05, 0.1) is 0 Å². The third-order valence-corrected chi connectivity index (χ3v) is 187. The van der Waals surface area contributed by atoms with Gasteiger partial charge in [0.15, 0.2) is 0 Å². The average Bonchev–Trinajstić information content (AvgIpc) is 1.78. The van der Waals surface area contributed by atoms with Crippen LogP contribution in [0.3, 0.4) is 0 Å². The van der Waals surface area contributed by atoms with Crippen LogP contribution in [-0.4, -0.2) is 59.3 Å². The van der Waals surface area contributed by atoms with Crippen LogP contribution in [-0.2, 0) is 0 Å². The standard InChI is InChI=1S/C8H24Si4Te2/c1-9(2)10(3,4)14-12(7,8)11(5,6)13-9/h1-8H3. The Morgan fingerprint density at radius 1 is 0.429 bits per heavy atom. The van der Waals surface area contributed by atoms with Crippen molar-refractivity contribution in [3.63, 3.8) is 0 Å². The number of rotatable bonds is 0. The molecule has 0 spiro atoms. The van der Waals surface area contributed by atoms with E-state index in [1.54, 1.807) is 0 Å². The molecule has 1 saturated heterocycles. The molecule has 1 aliphatic heterocycles. The Morgan fingerprint density at radius 2 is 0.571 bits per heavy atom. The van der Waals surface area contributed by atoms with Crippen LogP contribution in [0.2, 0.25) is 52.4 Å². The van der Waals surface area contributed by atoms with Gasteiger partial charge in [0, 0.05) is 0 Å². The maximum absolute atomic E-state index is 2.78. The summed E-state index contributed by atoms with van der Waals surface area (Å²) >= 11 is 0.956. The summed E-state index contributed by atoms with van der Waals surface area (Å²) in [5.41, 5.74) is 0. The van der Waals surface area contributed by atoms with E-state index in [4.69, 9.17) is 0 Å². The summed E-state index contributed by atoms with van der Waals surface area (Å²) in [6.07, 6.45) is 0. The molecule has 14 heavy (non-hydrogen) atoms. The second-order valence-corrected chi connectivity index (χ2v) is 93.8. The summed E-state index contributed by atoms with van der Waals surface area (Å²) in [5.74, 6) is 0. The molecule has 0 aromatic heterocycles. The topological polar surface area (TPSA) is 0 Å². The van der Waals surface area contributed by atoms with Gasteiger partial charge in [0.2, 0.25) is 0 Å². The van der Waals surface area contributed by atoms with Gasteiger partial charge in [-0.2, -0.15) is 0 Å². The van der Waals surface area contributed by atoms with Gasteiger partial charge >= 0.3 is 112 Å². The quantitative estimate of drug-likeness (QED) is 0.460. The Kier molecular flexibility index (Phi) is 4.13. The van der Waals surface area contributed by atoms with Crippen LogP contribution in [0.15, 0.2) is 0 Å². The summed E-state index contributed by atoms with van der Waals surface area (Å²) in [6, 6.07) is 0. The fourth-order valence-corrected chi connectivity index (χ4v) is 326. The molecular formula is C8H24Si4Te2. The first-order valence-corrected chi connectivity index (χ1v) is 32.9. The van der Waals surface area contributed by atoms with Crippen LogP contribution >= 0.6 is 0 Å². The van der Waals surface area contributed by atoms with E-state index in [1.165, 1.54) is 0 Å². The van der Waals surface area contributed by atoms with Gasteiger partial charge in [-0.05, 0) is 0 Å². The molecule has 0 aliphatic carbocycles. The van der Waals surface area contributed by atoms with Crippen molar-refractivity contribution in [1.82, 2.24) is 0 Å². The van der Waals surface area contributed by atoms with E-state index in [2.05, 4.69) is 52.4 Å². The summed E-state index contributed by atoms with van der Waals surface area (Å²) in [4.78, 5) is 0. The summed E-state index contributed by atoms with van der Waals surface area (Å²) in [7, 11) is 0. The van der Waals surface area contributed by atoms with Gasteiger partial charge in [-0.1, -0.05) is 0 Å². The fraction of sp³-hybridized carbons (Fsp3) is 1.00. The Hall–Kier alpha value is 2.45. The summed E-state index contributed by atoms with van der Waals surface area (Å²) in [6.45, 7) is 22.3. The Balaban J connectivity index is 3.07. The normalized spacial score (nSPS) is 32.6. The SMILES string of the molecule is C[Si]1(C)[Te][Si](C)(C)[Si](C)(C)[Te][Si]1(C)C. The van der Waals surface area contributed by atoms with Crippen molar-refractivity contribution in [3.8, 4) is 0 Å². The van der Waals surface area contributed by atoms with E-state index in [1.807, 2.05) is 0 Å².